The van der Waals surface area contributed by atoms with E-state index in [0.717, 1.165) is 0 Å². The SMILES string of the molecule is CCNC(=O)CN(CC)CC(=O)Nc1cccc(C(C)=O)c1. The van der Waals surface area contributed by atoms with Crippen molar-refractivity contribution in [2.75, 3.05) is 31.5 Å². The molecule has 0 aliphatic heterocycles. The van der Waals surface area contributed by atoms with Crippen molar-refractivity contribution in [2.45, 2.75) is 20.8 Å². The number of carbonyl (C=O) groups is 3. The highest BCUT2D eigenvalue weighted by atomic mass is 16.2. The van der Waals surface area contributed by atoms with Gasteiger partial charge in [0.15, 0.2) is 5.78 Å². The summed E-state index contributed by atoms with van der Waals surface area (Å²) in [6.45, 7) is 6.69. The molecule has 0 spiro atoms. The largest absolute Gasteiger partial charge is 0.355 e. The van der Waals surface area contributed by atoms with Gasteiger partial charge in [0.05, 0.1) is 13.1 Å². The van der Waals surface area contributed by atoms with Crippen LogP contribution in [-0.4, -0.2) is 48.7 Å². The predicted molar refractivity (Wildman–Crippen MR) is 85.9 cm³/mol. The van der Waals surface area contributed by atoms with E-state index in [1.165, 1.54) is 6.92 Å². The summed E-state index contributed by atoms with van der Waals surface area (Å²) in [6.07, 6.45) is 0. The summed E-state index contributed by atoms with van der Waals surface area (Å²) in [5, 5.41) is 5.45. The number of amides is 2. The van der Waals surface area contributed by atoms with Gasteiger partial charge in [-0.05, 0) is 32.5 Å². The number of nitrogens with zero attached hydrogens (tertiary/aromatic N) is 1. The summed E-state index contributed by atoms with van der Waals surface area (Å²) in [5.41, 5.74) is 1.12. The van der Waals surface area contributed by atoms with Gasteiger partial charge in [0.1, 0.15) is 0 Å². The molecule has 0 saturated heterocycles. The molecule has 1 rings (SSSR count). The van der Waals surface area contributed by atoms with Crippen LogP contribution in [-0.2, 0) is 9.59 Å². The zero-order chi connectivity index (χ0) is 16.5. The fourth-order valence-electron chi connectivity index (χ4n) is 1.96. The lowest BCUT2D eigenvalue weighted by molar-refractivity contribution is -0.123. The van der Waals surface area contributed by atoms with Crippen LogP contribution in [0, 0.1) is 0 Å². The number of likely N-dealkylation sites (N-methyl/N-ethyl adjacent to an activating group) is 2. The molecule has 0 fully saturated rings. The van der Waals surface area contributed by atoms with Gasteiger partial charge < -0.3 is 10.6 Å². The van der Waals surface area contributed by atoms with Crippen molar-refractivity contribution in [3.63, 3.8) is 0 Å². The minimum Gasteiger partial charge on any atom is -0.355 e. The molecule has 0 saturated carbocycles. The van der Waals surface area contributed by atoms with Gasteiger partial charge in [-0.25, -0.2) is 0 Å². The van der Waals surface area contributed by atoms with Crippen molar-refractivity contribution < 1.29 is 14.4 Å². The summed E-state index contributed by atoms with van der Waals surface area (Å²) in [6, 6.07) is 6.79. The molecule has 0 radical (unpaired) electrons. The van der Waals surface area contributed by atoms with Crippen molar-refractivity contribution >= 4 is 23.3 Å². The van der Waals surface area contributed by atoms with Crippen molar-refractivity contribution in [2.24, 2.45) is 0 Å². The number of rotatable bonds is 8. The average Bonchev–Trinajstić information content (AvgIpc) is 2.46. The highest BCUT2D eigenvalue weighted by molar-refractivity contribution is 5.97. The molecule has 0 aliphatic rings. The van der Waals surface area contributed by atoms with Crippen LogP contribution in [0.1, 0.15) is 31.1 Å². The maximum atomic E-state index is 12.0. The monoisotopic (exact) mass is 305 g/mol. The molecule has 0 aliphatic carbocycles. The van der Waals surface area contributed by atoms with Gasteiger partial charge in [0.2, 0.25) is 11.8 Å². The Morgan fingerprint density at radius 1 is 1.09 bits per heavy atom. The first-order valence-corrected chi connectivity index (χ1v) is 7.36. The topological polar surface area (TPSA) is 78.5 Å². The van der Waals surface area contributed by atoms with E-state index in [1.807, 2.05) is 13.8 Å². The van der Waals surface area contributed by atoms with Gasteiger partial charge >= 0.3 is 0 Å². The number of carbonyl (C=O) groups excluding carboxylic acids is 3. The number of nitrogens with one attached hydrogen (secondary N) is 2. The molecule has 0 aromatic heterocycles. The van der Waals surface area contributed by atoms with Crippen LogP contribution in [0.2, 0.25) is 0 Å². The lowest BCUT2D eigenvalue weighted by atomic mass is 10.1. The zero-order valence-corrected chi connectivity index (χ0v) is 13.3. The summed E-state index contributed by atoms with van der Waals surface area (Å²) >= 11 is 0. The Labute approximate surface area is 130 Å². The Morgan fingerprint density at radius 2 is 1.77 bits per heavy atom. The van der Waals surface area contributed by atoms with Gasteiger partial charge in [-0.3, -0.25) is 19.3 Å². The third kappa shape index (κ3) is 6.05. The summed E-state index contributed by atoms with van der Waals surface area (Å²) < 4.78 is 0. The van der Waals surface area contributed by atoms with Crippen molar-refractivity contribution in [3.8, 4) is 0 Å². The molecule has 1 aromatic rings. The highest BCUT2D eigenvalue weighted by Crippen LogP contribution is 2.11. The van der Waals surface area contributed by atoms with Gasteiger partial charge in [-0.15, -0.1) is 0 Å². The van der Waals surface area contributed by atoms with E-state index < -0.39 is 0 Å². The number of hydrogen-bond donors (Lipinski definition) is 2. The smallest absolute Gasteiger partial charge is 0.238 e. The lowest BCUT2D eigenvalue weighted by Crippen LogP contribution is -2.41. The molecule has 120 valence electrons. The molecule has 2 N–H and O–H groups in total. The van der Waals surface area contributed by atoms with Crippen molar-refractivity contribution in [1.29, 1.82) is 0 Å². The van der Waals surface area contributed by atoms with Gasteiger partial charge in [0.25, 0.3) is 0 Å². The van der Waals surface area contributed by atoms with E-state index in [1.54, 1.807) is 29.2 Å². The molecule has 2 amide bonds. The molecule has 22 heavy (non-hydrogen) atoms. The van der Waals surface area contributed by atoms with E-state index in [-0.39, 0.29) is 30.7 Å². The molecule has 0 unspecified atom stereocenters. The second-order valence-corrected chi connectivity index (χ2v) is 4.94. The quantitative estimate of drug-likeness (QED) is 0.709. The van der Waals surface area contributed by atoms with Crippen LogP contribution in [0.15, 0.2) is 24.3 Å². The third-order valence-electron chi connectivity index (χ3n) is 3.11. The number of hydrogen-bond acceptors (Lipinski definition) is 4. The third-order valence-corrected chi connectivity index (χ3v) is 3.11. The molecule has 6 nitrogen and oxygen atoms in total. The Hall–Kier alpha value is -2.21. The minimum absolute atomic E-state index is 0.0532. The molecule has 6 heteroatoms. The predicted octanol–water partition coefficient (Wildman–Crippen LogP) is 1.29. The average molecular weight is 305 g/mol. The molecular weight excluding hydrogens is 282 g/mol. The number of ketones is 1. The maximum Gasteiger partial charge on any atom is 0.238 e. The Balaban J connectivity index is 2.59. The van der Waals surface area contributed by atoms with Crippen molar-refractivity contribution in [1.82, 2.24) is 10.2 Å². The Bertz CT molecular complexity index is 543. The van der Waals surface area contributed by atoms with Crippen LogP contribution < -0.4 is 10.6 Å². The van der Waals surface area contributed by atoms with Crippen molar-refractivity contribution in [3.05, 3.63) is 29.8 Å². The van der Waals surface area contributed by atoms with Crippen LogP contribution in [0.25, 0.3) is 0 Å². The second-order valence-electron chi connectivity index (χ2n) is 4.94. The molecular formula is C16H23N3O3. The fraction of sp³-hybridized carbons (Fsp3) is 0.438. The fourth-order valence-corrected chi connectivity index (χ4v) is 1.96. The lowest BCUT2D eigenvalue weighted by Gasteiger charge is -2.19. The Morgan fingerprint density at radius 3 is 2.36 bits per heavy atom. The van der Waals surface area contributed by atoms with Gasteiger partial charge in [-0.2, -0.15) is 0 Å². The van der Waals surface area contributed by atoms with E-state index in [0.29, 0.717) is 24.3 Å². The van der Waals surface area contributed by atoms with E-state index in [4.69, 9.17) is 0 Å². The molecule has 0 atom stereocenters. The van der Waals surface area contributed by atoms with Crippen LogP contribution in [0.3, 0.4) is 0 Å². The van der Waals surface area contributed by atoms with Gasteiger partial charge in [-0.1, -0.05) is 19.1 Å². The van der Waals surface area contributed by atoms with E-state index >= 15 is 0 Å². The van der Waals surface area contributed by atoms with Crippen LogP contribution in [0.4, 0.5) is 5.69 Å². The number of anilines is 1. The Kier molecular flexibility index (Phi) is 7.25. The zero-order valence-electron chi connectivity index (χ0n) is 13.3. The highest BCUT2D eigenvalue weighted by Gasteiger charge is 2.13. The van der Waals surface area contributed by atoms with Gasteiger partial charge in [0, 0.05) is 17.8 Å². The van der Waals surface area contributed by atoms with Crippen LogP contribution in [0.5, 0.6) is 0 Å². The first-order chi connectivity index (χ1) is 10.5. The second kappa shape index (κ2) is 8.94. The number of Topliss-reactive ketones (excluding diaryl/α,β-unsaturated/α-hetero) is 1. The van der Waals surface area contributed by atoms with E-state index in [9.17, 15) is 14.4 Å². The first kappa shape index (κ1) is 17.8. The molecule has 1 aromatic carbocycles. The van der Waals surface area contributed by atoms with Crippen LogP contribution >= 0.6 is 0 Å². The summed E-state index contributed by atoms with van der Waals surface area (Å²) in [4.78, 5) is 36.7. The number of benzene rings is 1. The first-order valence-electron chi connectivity index (χ1n) is 7.36. The standard InChI is InChI=1S/C16H23N3O3/c1-4-17-15(21)10-19(5-2)11-16(22)18-14-8-6-7-13(9-14)12(3)20/h6-9H,4-5,10-11H2,1-3H3,(H,17,21)(H,18,22). The summed E-state index contributed by atoms with van der Waals surface area (Å²) in [5.74, 6) is -0.370. The van der Waals surface area contributed by atoms with E-state index in [2.05, 4.69) is 10.6 Å². The summed E-state index contributed by atoms with van der Waals surface area (Å²) in [7, 11) is 0. The molecule has 0 bridgehead atoms. The minimum atomic E-state index is -0.216. The molecule has 0 heterocycles. The normalized spacial score (nSPS) is 10.4. The maximum absolute atomic E-state index is 12.0.